The minimum absolute atomic E-state index is 0.232. The van der Waals surface area contributed by atoms with Crippen LogP contribution in [0.4, 0.5) is 4.79 Å². The van der Waals surface area contributed by atoms with Gasteiger partial charge in [-0.15, -0.1) is 0 Å². The third-order valence-corrected chi connectivity index (χ3v) is 2.21. The quantitative estimate of drug-likeness (QED) is 0.824. The van der Waals surface area contributed by atoms with Crippen LogP contribution >= 0.6 is 0 Å². The summed E-state index contributed by atoms with van der Waals surface area (Å²) in [7, 11) is 0. The molecule has 7 nitrogen and oxygen atoms in total. The van der Waals surface area contributed by atoms with E-state index in [0.717, 1.165) is 5.69 Å². The lowest BCUT2D eigenvalue weighted by atomic mass is 10.2. The van der Waals surface area contributed by atoms with E-state index in [2.05, 4.69) is 10.3 Å². The molecule has 0 fully saturated rings. The fourth-order valence-corrected chi connectivity index (χ4v) is 1.40. The first-order valence-electron chi connectivity index (χ1n) is 6.02. The number of imidazole rings is 1. The summed E-state index contributed by atoms with van der Waals surface area (Å²) in [5.41, 5.74) is 5.34. The summed E-state index contributed by atoms with van der Waals surface area (Å²) in [4.78, 5) is 26.2. The number of alkyl carbamates (subject to hydrolysis) is 1. The van der Waals surface area contributed by atoms with Crippen molar-refractivity contribution in [3.05, 3.63) is 18.2 Å². The molecule has 1 aromatic heterocycles. The van der Waals surface area contributed by atoms with Crippen molar-refractivity contribution in [3.8, 4) is 0 Å². The van der Waals surface area contributed by atoms with Gasteiger partial charge in [0.05, 0.1) is 18.6 Å². The zero-order valence-electron chi connectivity index (χ0n) is 11.5. The molecule has 19 heavy (non-hydrogen) atoms. The lowest BCUT2D eigenvalue weighted by Gasteiger charge is -2.19. The van der Waals surface area contributed by atoms with E-state index in [1.165, 1.54) is 0 Å². The molecular formula is C12H20N4O3. The second-order valence-corrected chi connectivity index (χ2v) is 5.15. The van der Waals surface area contributed by atoms with Gasteiger partial charge in [-0.25, -0.2) is 9.78 Å². The molecule has 0 saturated carbocycles. The third-order valence-electron chi connectivity index (χ3n) is 2.21. The lowest BCUT2D eigenvalue weighted by Crippen LogP contribution is -2.32. The van der Waals surface area contributed by atoms with Crippen molar-refractivity contribution >= 4 is 12.0 Å². The molecule has 1 aromatic rings. The van der Waals surface area contributed by atoms with Crippen LogP contribution in [0.15, 0.2) is 12.5 Å². The van der Waals surface area contributed by atoms with Crippen molar-refractivity contribution in [3.63, 3.8) is 0 Å². The molecule has 0 bridgehead atoms. The number of nitrogens with zero attached hydrogens (tertiary/aromatic N) is 2. The van der Waals surface area contributed by atoms with Gasteiger partial charge in [-0.1, -0.05) is 0 Å². The fourth-order valence-electron chi connectivity index (χ4n) is 1.40. The van der Waals surface area contributed by atoms with Crippen LogP contribution in [0.1, 0.15) is 32.9 Å². The number of aryl methyl sites for hydroxylation is 1. The zero-order valence-corrected chi connectivity index (χ0v) is 11.5. The maximum atomic E-state index is 11.5. The highest BCUT2D eigenvalue weighted by atomic mass is 16.6. The van der Waals surface area contributed by atoms with E-state index in [4.69, 9.17) is 10.5 Å². The number of nitrogens with one attached hydrogen (secondary N) is 1. The van der Waals surface area contributed by atoms with Gasteiger partial charge in [-0.3, -0.25) is 4.79 Å². The number of ether oxygens (including phenoxy) is 1. The summed E-state index contributed by atoms with van der Waals surface area (Å²) >= 11 is 0. The van der Waals surface area contributed by atoms with E-state index >= 15 is 0 Å². The number of carbonyl (C=O) groups is 2. The molecule has 0 aliphatic carbocycles. The first kappa shape index (κ1) is 15.0. The van der Waals surface area contributed by atoms with Crippen LogP contribution in [0, 0.1) is 0 Å². The van der Waals surface area contributed by atoms with Gasteiger partial charge in [-0.05, 0) is 20.8 Å². The van der Waals surface area contributed by atoms with E-state index < -0.39 is 11.7 Å². The fraction of sp³-hybridized carbons (Fsp3) is 0.583. The highest BCUT2D eigenvalue weighted by molar-refractivity contribution is 5.73. The number of nitrogens with two attached hydrogens (primary N) is 1. The Bertz CT molecular complexity index is 448. The maximum Gasteiger partial charge on any atom is 0.407 e. The molecule has 0 aliphatic rings. The van der Waals surface area contributed by atoms with Gasteiger partial charge in [0.15, 0.2) is 0 Å². The third kappa shape index (κ3) is 5.89. The predicted octanol–water partition coefficient (Wildman–Crippen LogP) is 0.783. The maximum absolute atomic E-state index is 11.5. The second-order valence-electron chi connectivity index (χ2n) is 5.15. The topological polar surface area (TPSA) is 99.2 Å². The van der Waals surface area contributed by atoms with Crippen molar-refractivity contribution in [2.45, 2.75) is 45.9 Å². The van der Waals surface area contributed by atoms with Crippen molar-refractivity contribution in [1.29, 1.82) is 0 Å². The summed E-state index contributed by atoms with van der Waals surface area (Å²) in [5, 5.41) is 2.63. The number of primary amides is 1. The molecule has 1 rings (SSSR count). The SMILES string of the molecule is CC(C)(C)OC(=O)NCc1cncn1CCC(N)=O. The average Bonchev–Trinajstić information content (AvgIpc) is 2.68. The molecule has 0 aromatic carbocycles. The van der Waals surface area contributed by atoms with Gasteiger partial charge < -0.3 is 20.4 Å². The number of hydrogen-bond acceptors (Lipinski definition) is 4. The molecule has 0 atom stereocenters. The van der Waals surface area contributed by atoms with Crippen LogP contribution in [0.25, 0.3) is 0 Å². The van der Waals surface area contributed by atoms with E-state index in [-0.39, 0.29) is 18.9 Å². The Hall–Kier alpha value is -2.05. The summed E-state index contributed by atoms with van der Waals surface area (Å²) in [6.45, 7) is 6.12. The minimum Gasteiger partial charge on any atom is -0.444 e. The van der Waals surface area contributed by atoms with E-state index in [9.17, 15) is 9.59 Å². The van der Waals surface area contributed by atoms with Crippen LogP contribution < -0.4 is 11.1 Å². The van der Waals surface area contributed by atoms with E-state index in [0.29, 0.717) is 6.54 Å². The molecular weight excluding hydrogens is 248 g/mol. The Balaban J connectivity index is 2.47. The van der Waals surface area contributed by atoms with Gasteiger partial charge in [0.1, 0.15) is 5.60 Å². The van der Waals surface area contributed by atoms with Crippen molar-refractivity contribution in [2.75, 3.05) is 0 Å². The molecule has 2 amide bonds. The monoisotopic (exact) mass is 268 g/mol. The van der Waals surface area contributed by atoms with Gasteiger partial charge in [0.25, 0.3) is 0 Å². The highest BCUT2D eigenvalue weighted by Crippen LogP contribution is 2.07. The molecule has 0 radical (unpaired) electrons. The molecule has 3 N–H and O–H groups in total. The van der Waals surface area contributed by atoms with Gasteiger partial charge >= 0.3 is 6.09 Å². The molecule has 0 unspecified atom stereocenters. The summed E-state index contributed by atoms with van der Waals surface area (Å²) < 4.78 is 6.89. The number of aromatic nitrogens is 2. The van der Waals surface area contributed by atoms with Crippen molar-refractivity contribution in [1.82, 2.24) is 14.9 Å². The predicted molar refractivity (Wildman–Crippen MR) is 69.1 cm³/mol. The van der Waals surface area contributed by atoms with Gasteiger partial charge in [-0.2, -0.15) is 0 Å². The van der Waals surface area contributed by atoms with E-state index in [1.54, 1.807) is 37.9 Å². The number of carbonyl (C=O) groups excluding carboxylic acids is 2. The Labute approximate surface area is 112 Å². The van der Waals surface area contributed by atoms with Crippen LogP contribution in [0.3, 0.4) is 0 Å². The molecule has 106 valence electrons. The first-order valence-corrected chi connectivity index (χ1v) is 6.02. The standard InChI is InChI=1S/C12H20N4O3/c1-12(2,3)19-11(18)15-7-9-6-14-8-16(9)5-4-10(13)17/h6,8H,4-5,7H2,1-3H3,(H2,13,17)(H,15,18). The van der Waals surface area contributed by atoms with Crippen molar-refractivity contribution < 1.29 is 14.3 Å². The first-order chi connectivity index (χ1) is 8.78. The van der Waals surface area contributed by atoms with Crippen LogP contribution in [-0.2, 0) is 22.6 Å². The molecule has 1 heterocycles. The van der Waals surface area contributed by atoms with Crippen LogP contribution in [0.2, 0.25) is 0 Å². The minimum atomic E-state index is -0.531. The number of amides is 2. The number of hydrogen-bond donors (Lipinski definition) is 2. The Morgan fingerprint density at radius 1 is 1.47 bits per heavy atom. The zero-order chi connectivity index (χ0) is 14.5. The van der Waals surface area contributed by atoms with Gasteiger partial charge in [0.2, 0.25) is 5.91 Å². The van der Waals surface area contributed by atoms with Crippen LogP contribution in [-0.4, -0.2) is 27.2 Å². The Kier molecular flexibility index (Phi) is 4.91. The smallest absolute Gasteiger partial charge is 0.407 e. The van der Waals surface area contributed by atoms with Gasteiger partial charge in [0, 0.05) is 19.2 Å². The normalized spacial score (nSPS) is 11.1. The Morgan fingerprint density at radius 3 is 2.74 bits per heavy atom. The molecule has 0 saturated heterocycles. The Morgan fingerprint density at radius 2 is 2.16 bits per heavy atom. The average molecular weight is 268 g/mol. The summed E-state index contributed by atoms with van der Waals surface area (Å²) in [6.07, 6.45) is 2.96. The highest BCUT2D eigenvalue weighted by Gasteiger charge is 2.16. The molecule has 0 aliphatic heterocycles. The molecule has 7 heteroatoms. The van der Waals surface area contributed by atoms with Crippen LogP contribution in [0.5, 0.6) is 0 Å². The summed E-state index contributed by atoms with van der Waals surface area (Å²) in [6, 6.07) is 0. The van der Waals surface area contributed by atoms with Crippen molar-refractivity contribution in [2.24, 2.45) is 5.73 Å². The van der Waals surface area contributed by atoms with E-state index in [1.807, 2.05) is 0 Å². The number of rotatable bonds is 5. The second kappa shape index (κ2) is 6.21. The largest absolute Gasteiger partial charge is 0.444 e. The molecule has 0 spiro atoms. The summed E-state index contributed by atoms with van der Waals surface area (Å²) in [5.74, 6) is -0.375. The lowest BCUT2D eigenvalue weighted by molar-refractivity contribution is -0.118.